The average molecular weight is 302 g/mol. The largest absolute Gasteiger partial charge is 0.385 e. The van der Waals surface area contributed by atoms with Gasteiger partial charge < -0.3 is 20.9 Å². The van der Waals surface area contributed by atoms with Crippen LogP contribution in [0.2, 0.25) is 0 Å². The standard InChI is InChI=1S/C17H26N4O/c1-21(14-7-10-18-11-8-14)17(22)20-12-13-4-2-6-16-15(13)5-3-9-19-16/h2,4,6,14,18-19H,3,5,7-12H2,1H3,(H,20,22). The Kier molecular flexibility index (Phi) is 4.83. The van der Waals surface area contributed by atoms with Gasteiger partial charge in [0.2, 0.25) is 0 Å². The third-order valence-electron chi connectivity index (χ3n) is 4.80. The first-order valence-electron chi connectivity index (χ1n) is 8.31. The van der Waals surface area contributed by atoms with Crippen LogP contribution in [0.5, 0.6) is 0 Å². The van der Waals surface area contributed by atoms with Gasteiger partial charge in [0.1, 0.15) is 0 Å². The number of hydrogen-bond acceptors (Lipinski definition) is 3. The first-order chi connectivity index (χ1) is 10.8. The lowest BCUT2D eigenvalue weighted by Crippen LogP contribution is -2.47. The van der Waals surface area contributed by atoms with E-state index in [2.05, 4.69) is 34.1 Å². The number of nitrogens with one attached hydrogen (secondary N) is 3. The number of rotatable bonds is 3. The van der Waals surface area contributed by atoms with Gasteiger partial charge in [0.25, 0.3) is 0 Å². The smallest absolute Gasteiger partial charge is 0.317 e. The number of fused-ring (bicyclic) bond motifs is 1. The normalized spacial score (nSPS) is 18.2. The molecule has 2 amide bonds. The van der Waals surface area contributed by atoms with E-state index in [1.54, 1.807) is 0 Å². The molecule has 2 heterocycles. The van der Waals surface area contributed by atoms with Crippen molar-refractivity contribution in [1.82, 2.24) is 15.5 Å². The molecule has 0 atom stereocenters. The van der Waals surface area contributed by atoms with E-state index in [1.807, 2.05) is 11.9 Å². The van der Waals surface area contributed by atoms with Crippen LogP contribution in [0, 0.1) is 0 Å². The molecule has 1 fully saturated rings. The highest BCUT2D eigenvalue weighted by Gasteiger charge is 2.22. The highest BCUT2D eigenvalue weighted by Crippen LogP contribution is 2.25. The molecule has 1 aromatic rings. The van der Waals surface area contributed by atoms with E-state index in [0.717, 1.165) is 45.3 Å². The lowest BCUT2D eigenvalue weighted by Gasteiger charge is -2.31. The summed E-state index contributed by atoms with van der Waals surface area (Å²) >= 11 is 0. The fraction of sp³-hybridized carbons (Fsp3) is 0.588. The first kappa shape index (κ1) is 15.2. The molecule has 1 saturated heterocycles. The zero-order valence-corrected chi connectivity index (χ0v) is 13.3. The Bertz CT molecular complexity index is 525. The van der Waals surface area contributed by atoms with Crippen LogP contribution in [0.1, 0.15) is 30.4 Å². The van der Waals surface area contributed by atoms with Crippen LogP contribution in [-0.4, -0.2) is 43.7 Å². The van der Waals surface area contributed by atoms with Crippen molar-refractivity contribution in [2.75, 3.05) is 32.0 Å². The number of anilines is 1. The molecular weight excluding hydrogens is 276 g/mol. The average Bonchev–Trinajstić information content (AvgIpc) is 2.59. The maximum absolute atomic E-state index is 12.4. The fourth-order valence-corrected chi connectivity index (χ4v) is 3.40. The SMILES string of the molecule is CN(C(=O)NCc1cccc2c1CCCN2)C1CCNCC1. The molecule has 2 aliphatic rings. The zero-order chi connectivity index (χ0) is 15.4. The Labute approximate surface area is 132 Å². The maximum atomic E-state index is 12.4. The number of benzene rings is 1. The molecule has 0 spiro atoms. The Balaban J connectivity index is 1.59. The van der Waals surface area contributed by atoms with Gasteiger partial charge in [0.15, 0.2) is 0 Å². The lowest BCUT2D eigenvalue weighted by atomic mass is 9.97. The van der Waals surface area contributed by atoms with Gasteiger partial charge in [0.05, 0.1) is 0 Å². The van der Waals surface area contributed by atoms with E-state index < -0.39 is 0 Å². The molecule has 3 rings (SSSR count). The summed E-state index contributed by atoms with van der Waals surface area (Å²) in [6.45, 7) is 3.65. The number of hydrogen-bond donors (Lipinski definition) is 3. The molecular formula is C17H26N4O. The summed E-state index contributed by atoms with van der Waals surface area (Å²) in [5.74, 6) is 0. The van der Waals surface area contributed by atoms with Crippen LogP contribution in [0.25, 0.3) is 0 Å². The van der Waals surface area contributed by atoms with Crippen LogP contribution < -0.4 is 16.0 Å². The van der Waals surface area contributed by atoms with Crippen LogP contribution in [0.15, 0.2) is 18.2 Å². The highest BCUT2D eigenvalue weighted by atomic mass is 16.2. The quantitative estimate of drug-likeness (QED) is 0.800. The van der Waals surface area contributed by atoms with Crippen molar-refractivity contribution in [3.05, 3.63) is 29.3 Å². The molecule has 0 aromatic heterocycles. The molecule has 1 aromatic carbocycles. The second-order valence-corrected chi connectivity index (χ2v) is 6.22. The van der Waals surface area contributed by atoms with E-state index in [9.17, 15) is 4.79 Å². The molecule has 0 radical (unpaired) electrons. The molecule has 120 valence electrons. The van der Waals surface area contributed by atoms with Crippen molar-refractivity contribution in [2.24, 2.45) is 0 Å². The first-order valence-corrected chi connectivity index (χ1v) is 8.31. The minimum atomic E-state index is 0.0354. The Morgan fingerprint density at radius 3 is 2.95 bits per heavy atom. The van der Waals surface area contributed by atoms with Crippen molar-refractivity contribution in [1.29, 1.82) is 0 Å². The molecule has 0 aliphatic carbocycles. The third-order valence-corrected chi connectivity index (χ3v) is 4.80. The number of amides is 2. The minimum Gasteiger partial charge on any atom is -0.385 e. The number of carbonyl (C=O) groups excluding carboxylic acids is 1. The summed E-state index contributed by atoms with van der Waals surface area (Å²) in [7, 11) is 1.91. The summed E-state index contributed by atoms with van der Waals surface area (Å²) < 4.78 is 0. The second kappa shape index (κ2) is 7.01. The number of nitrogens with zero attached hydrogens (tertiary/aromatic N) is 1. The van der Waals surface area contributed by atoms with Crippen LogP contribution in [0.4, 0.5) is 10.5 Å². The van der Waals surface area contributed by atoms with Gasteiger partial charge in [0, 0.05) is 31.9 Å². The van der Waals surface area contributed by atoms with Crippen LogP contribution in [-0.2, 0) is 13.0 Å². The summed E-state index contributed by atoms with van der Waals surface area (Å²) in [5.41, 5.74) is 3.82. The number of piperidine rings is 1. The Hall–Kier alpha value is -1.75. The lowest BCUT2D eigenvalue weighted by molar-refractivity contribution is 0.176. The van der Waals surface area contributed by atoms with E-state index in [-0.39, 0.29) is 6.03 Å². The third kappa shape index (κ3) is 3.35. The summed E-state index contributed by atoms with van der Waals surface area (Å²) in [4.78, 5) is 14.2. The fourth-order valence-electron chi connectivity index (χ4n) is 3.40. The zero-order valence-electron chi connectivity index (χ0n) is 13.3. The van der Waals surface area contributed by atoms with Gasteiger partial charge in [-0.25, -0.2) is 4.79 Å². The summed E-state index contributed by atoms with van der Waals surface area (Å²) in [6.07, 6.45) is 4.33. The molecule has 5 nitrogen and oxygen atoms in total. The van der Waals surface area contributed by atoms with Crippen molar-refractivity contribution >= 4 is 11.7 Å². The summed E-state index contributed by atoms with van der Waals surface area (Å²) in [6, 6.07) is 6.70. The van der Waals surface area contributed by atoms with Crippen molar-refractivity contribution in [2.45, 2.75) is 38.3 Å². The van der Waals surface area contributed by atoms with Crippen molar-refractivity contribution < 1.29 is 4.79 Å². The van der Waals surface area contributed by atoms with E-state index in [4.69, 9.17) is 0 Å². The molecule has 3 N–H and O–H groups in total. The van der Waals surface area contributed by atoms with Gasteiger partial charge in [-0.2, -0.15) is 0 Å². The molecule has 5 heteroatoms. The number of urea groups is 1. The van der Waals surface area contributed by atoms with Crippen LogP contribution >= 0.6 is 0 Å². The molecule has 0 saturated carbocycles. The predicted octanol–water partition coefficient (Wildman–Crippen LogP) is 1.94. The van der Waals surface area contributed by atoms with Crippen LogP contribution in [0.3, 0.4) is 0 Å². The number of carbonyl (C=O) groups is 1. The molecule has 2 aliphatic heterocycles. The monoisotopic (exact) mass is 302 g/mol. The topological polar surface area (TPSA) is 56.4 Å². The maximum Gasteiger partial charge on any atom is 0.317 e. The molecule has 0 bridgehead atoms. The van der Waals surface area contributed by atoms with Gasteiger partial charge in [-0.05, 0) is 56.0 Å². The van der Waals surface area contributed by atoms with Gasteiger partial charge in [-0.3, -0.25) is 0 Å². The van der Waals surface area contributed by atoms with E-state index >= 15 is 0 Å². The van der Waals surface area contributed by atoms with E-state index in [0.29, 0.717) is 12.6 Å². The molecule has 0 unspecified atom stereocenters. The highest BCUT2D eigenvalue weighted by molar-refractivity contribution is 5.74. The minimum absolute atomic E-state index is 0.0354. The van der Waals surface area contributed by atoms with Gasteiger partial charge in [-0.15, -0.1) is 0 Å². The van der Waals surface area contributed by atoms with Crippen molar-refractivity contribution in [3.8, 4) is 0 Å². The van der Waals surface area contributed by atoms with E-state index in [1.165, 1.54) is 16.8 Å². The Morgan fingerprint density at radius 2 is 2.14 bits per heavy atom. The predicted molar refractivity (Wildman–Crippen MR) is 89.1 cm³/mol. The summed E-state index contributed by atoms with van der Waals surface area (Å²) in [5, 5.41) is 9.86. The van der Waals surface area contributed by atoms with Gasteiger partial charge >= 0.3 is 6.03 Å². The van der Waals surface area contributed by atoms with Gasteiger partial charge in [-0.1, -0.05) is 12.1 Å². The molecule has 22 heavy (non-hydrogen) atoms. The second-order valence-electron chi connectivity index (χ2n) is 6.22. The van der Waals surface area contributed by atoms with Crippen molar-refractivity contribution in [3.63, 3.8) is 0 Å². The Morgan fingerprint density at radius 1 is 1.32 bits per heavy atom.